The van der Waals surface area contributed by atoms with Gasteiger partial charge in [-0.25, -0.2) is 0 Å². The summed E-state index contributed by atoms with van der Waals surface area (Å²) in [6, 6.07) is 4.37. The van der Waals surface area contributed by atoms with Gasteiger partial charge in [0.1, 0.15) is 5.75 Å². The first kappa shape index (κ1) is 15.0. The number of benzene rings is 1. The molecule has 0 atom stereocenters. The molecule has 0 heterocycles. The van der Waals surface area contributed by atoms with Crippen molar-refractivity contribution in [3.63, 3.8) is 0 Å². The van der Waals surface area contributed by atoms with Crippen molar-refractivity contribution in [3.8, 4) is 5.75 Å². The first-order valence-corrected chi connectivity index (χ1v) is 6.43. The Morgan fingerprint density at radius 3 is 2.17 bits per heavy atom. The maximum atomic E-state index is 5.38. The van der Waals surface area contributed by atoms with Crippen LogP contribution < -0.4 is 15.4 Å². The number of aryl methyl sites for hydroxylation is 2. The van der Waals surface area contributed by atoms with Crippen LogP contribution >= 0.6 is 0 Å². The molecule has 1 rings (SSSR count). The second-order valence-electron chi connectivity index (χ2n) is 5.50. The van der Waals surface area contributed by atoms with Crippen molar-refractivity contribution >= 4 is 0 Å². The average Bonchev–Trinajstić information content (AvgIpc) is 2.28. The van der Waals surface area contributed by atoms with Crippen LogP contribution in [0, 0.1) is 13.8 Å². The highest BCUT2D eigenvalue weighted by molar-refractivity contribution is 5.43. The smallest absolute Gasteiger partial charge is 0.124 e. The standard InChI is InChI=1S/C15H26N2O/c1-11-7-13(8-12(2)14(11)18-6)9-17-10-15(3,4)16-5/h7-8,16-17H,9-10H2,1-6H3. The second kappa shape index (κ2) is 6.21. The van der Waals surface area contributed by atoms with Crippen LogP contribution in [0.25, 0.3) is 0 Å². The van der Waals surface area contributed by atoms with E-state index in [4.69, 9.17) is 4.74 Å². The molecule has 0 saturated carbocycles. The van der Waals surface area contributed by atoms with Crippen LogP contribution in [0.5, 0.6) is 5.75 Å². The number of likely N-dealkylation sites (N-methyl/N-ethyl adjacent to an activating group) is 1. The predicted molar refractivity (Wildman–Crippen MR) is 77.3 cm³/mol. The molecule has 0 unspecified atom stereocenters. The Balaban J connectivity index is 2.64. The molecule has 3 heteroatoms. The summed E-state index contributed by atoms with van der Waals surface area (Å²) in [7, 11) is 3.71. The van der Waals surface area contributed by atoms with Gasteiger partial charge in [0, 0.05) is 18.6 Å². The Kier molecular flexibility index (Phi) is 5.17. The molecule has 1 aromatic rings. The lowest BCUT2D eigenvalue weighted by Crippen LogP contribution is -2.45. The Morgan fingerprint density at radius 2 is 1.72 bits per heavy atom. The summed E-state index contributed by atoms with van der Waals surface area (Å²) in [5, 5.41) is 6.77. The minimum absolute atomic E-state index is 0.122. The average molecular weight is 250 g/mol. The molecule has 0 radical (unpaired) electrons. The van der Waals surface area contributed by atoms with E-state index in [1.54, 1.807) is 7.11 Å². The van der Waals surface area contributed by atoms with Gasteiger partial charge < -0.3 is 15.4 Å². The zero-order chi connectivity index (χ0) is 13.8. The summed E-state index contributed by atoms with van der Waals surface area (Å²) in [6.07, 6.45) is 0. The Morgan fingerprint density at radius 1 is 1.17 bits per heavy atom. The third-order valence-corrected chi connectivity index (χ3v) is 3.30. The summed E-state index contributed by atoms with van der Waals surface area (Å²) < 4.78 is 5.38. The van der Waals surface area contributed by atoms with Gasteiger partial charge in [0.15, 0.2) is 0 Å². The van der Waals surface area contributed by atoms with E-state index in [0.29, 0.717) is 0 Å². The van der Waals surface area contributed by atoms with Crippen molar-refractivity contribution in [2.24, 2.45) is 0 Å². The minimum Gasteiger partial charge on any atom is -0.496 e. The van der Waals surface area contributed by atoms with Gasteiger partial charge in [0.25, 0.3) is 0 Å². The molecule has 0 aliphatic carbocycles. The number of hydrogen-bond acceptors (Lipinski definition) is 3. The van der Waals surface area contributed by atoms with Gasteiger partial charge in [0.05, 0.1) is 7.11 Å². The molecule has 1 aromatic carbocycles. The zero-order valence-electron chi connectivity index (χ0n) is 12.5. The third-order valence-electron chi connectivity index (χ3n) is 3.30. The van der Waals surface area contributed by atoms with E-state index in [9.17, 15) is 0 Å². The number of nitrogens with one attached hydrogen (secondary N) is 2. The lowest BCUT2D eigenvalue weighted by atomic mass is 10.0. The fraction of sp³-hybridized carbons (Fsp3) is 0.600. The Labute approximate surface area is 111 Å². The van der Waals surface area contributed by atoms with Crippen molar-refractivity contribution in [2.75, 3.05) is 20.7 Å². The lowest BCUT2D eigenvalue weighted by molar-refractivity contribution is 0.392. The van der Waals surface area contributed by atoms with Crippen molar-refractivity contribution < 1.29 is 4.74 Å². The van der Waals surface area contributed by atoms with E-state index in [1.165, 1.54) is 16.7 Å². The highest BCUT2D eigenvalue weighted by Gasteiger charge is 2.13. The van der Waals surface area contributed by atoms with E-state index >= 15 is 0 Å². The molecular weight excluding hydrogens is 224 g/mol. The summed E-state index contributed by atoms with van der Waals surface area (Å²) in [5.41, 5.74) is 3.82. The largest absolute Gasteiger partial charge is 0.496 e. The summed E-state index contributed by atoms with van der Waals surface area (Å²) >= 11 is 0. The van der Waals surface area contributed by atoms with Crippen LogP contribution in [0.15, 0.2) is 12.1 Å². The molecular formula is C15H26N2O. The monoisotopic (exact) mass is 250 g/mol. The molecule has 0 amide bonds. The molecule has 0 aromatic heterocycles. The number of ether oxygens (including phenoxy) is 1. The molecule has 0 aliphatic heterocycles. The van der Waals surface area contributed by atoms with Crippen LogP contribution in [-0.4, -0.2) is 26.2 Å². The number of rotatable bonds is 6. The van der Waals surface area contributed by atoms with Gasteiger partial charge in [-0.3, -0.25) is 0 Å². The maximum Gasteiger partial charge on any atom is 0.124 e. The highest BCUT2D eigenvalue weighted by atomic mass is 16.5. The first-order chi connectivity index (χ1) is 8.39. The molecule has 0 aliphatic rings. The SMILES string of the molecule is CNC(C)(C)CNCc1cc(C)c(OC)c(C)c1. The van der Waals surface area contributed by atoms with Crippen LogP contribution in [0.2, 0.25) is 0 Å². The van der Waals surface area contributed by atoms with E-state index in [1.807, 2.05) is 7.05 Å². The normalized spacial score (nSPS) is 11.7. The summed E-state index contributed by atoms with van der Waals surface area (Å²) in [4.78, 5) is 0. The molecule has 0 bridgehead atoms. The van der Waals surface area contributed by atoms with Gasteiger partial charge in [-0.1, -0.05) is 12.1 Å². The molecule has 0 spiro atoms. The van der Waals surface area contributed by atoms with E-state index in [0.717, 1.165) is 18.8 Å². The fourth-order valence-electron chi connectivity index (χ4n) is 2.07. The summed E-state index contributed by atoms with van der Waals surface area (Å²) in [5.74, 6) is 0.995. The molecule has 18 heavy (non-hydrogen) atoms. The molecule has 0 saturated heterocycles. The van der Waals surface area contributed by atoms with E-state index in [2.05, 4.69) is 50.5 Å². The molecule has 2 N–H and O–H groups in total. The highest BCUT2D eigenvalue weighted by Crippen LogP contribution is 2.24. The number of hydrogen-bond donors (Lipinski definition) is 2. The van der Waals surface area contributed by atoms with Crippen LogP contribution in [0.4, 0.5) is 0 Å². The van der Waals surface area contributed by atoms with Crippen LogP contribution in [0.3, 0.4) is 0 Å². The molecule has 102 valence electrons. The van der Waals surface area contributed by atoms with Crippen molar-refractivity contribution in [1.29, 1.82) is 0 Å². The zero-order valence-corrected chi connectivity index (χ0v) is 12.5. The van der Waals surface area contributed by atoms with Gasteiger partial charge in [0.2, 0.25) is 0 Å². The Hall–Kier alpha value is -1.06. The number of methoxy groups -OCH3 is 1. The van der Waals surface area contributed by atoms with E-state index < -0.39 is 0 Å². The van der Waals surface area contributed by atoms with E-state index in [-0.39, 0.29) is 5.54 Å². The quantitative estimate of drug-likeness (QED) is 0.813. The van der Waals surface area contributed by atoms with Crippen LogP contribution in [0.1, 0.15) is 30.5 Å². The van der Waals surface area contributed by atoms with Gasteiger partial charge in [-0.2, -0.15) is 0 Å². The summed E-state index contributed by atoms with van der Waals surface area (Å²) in [6.45, 7) is 10.4. The Bertz CT molecular complexity index is 376. The van der Waals surface area contributed by atoms with Gasteiger partial charge >= 0.3 is 0 Å². The fourth-order valence-corrected chi connectivity index (χ4v) is 2.07. The molecule has 3 nitrogen and oxygen atoms in total. The van der Waals surface area contributed by atoms with Crippen LogP contribution in [-0.2, 0) is 6.54 Å². The topological polar surface area (TPSA) is 33.3 Å². The minimum atomic E-state index is 0.122. The van der Waals surface area contributed by atoms with Crippen molar-refractivity contribution in [1.82, 2.24) is 10.6 Å². The van der Waals surface area contributed by atoms with Crippen molar-refractivity contribution in [2.45, 2.75) is 39.8 Å². The lowest BCUT2D eigenvalue weighted by Gasteiger charge is -2.24. The maximum absolute atomic E-state index is 5.38. The van der Waals surface area contributed by atoms with Gasteiger partial charge in [-0.15, -0.1) is 0 Å². The van der Waals surface area contributed by atoms with Crippen molar-refractivity contribution in [3.05, 3.63) is 28.8 Å². The third kappa shape index (κ3) is 4.00. The van der Waals surface area contributed by atoms with Gasteiger partial charge in [-0.05, 0) is 51.4 Å². The predicted octanol–water partition coefficient (Wildman–Crippen LogP) is 2.40. The first-order valence-electron chi connectivity index (χ1n) is 6.43. The molecule has 0 fully saturated rings. The second-order valence-corrected chi connectivity index (χ2v) is 5.50.